The number of sulfonamides is 1. The Morgan fingerprint density at radius 1 is 0.938 bits per heavy atom. The molecule has 1 heterocycles. The van der Waals surface area contributed by atoms with Gasteiger partial charge in [0.25, 0.3) is 0 Å². The van der Waals surface area contributed by atoms with E-state index >= 15 is 0 Å². The Labute approximate surface area is 190 Å². The van der Waals surface area contributed by atoms with Crippen molar-refractivity contribution >= 4 is 21.6 Å². The molecule has 1 aliphatic heterocycles. The summed E-state index contributed by atoms with van der Waals surface area (Å²) in [4.78, 5) is 25.6. The summed E-state index contributed by atoms with van der Waals surface area (Å²) >= 11 is 0. The molecule has 4 aliphatic carbocycles. The molecule has 1 saturated heterocycles. The summed E-state index contributed by atoms with van der Waals surface area (Å²) in [6.07, 6.45) is 6.40. The van der Waals surface area contributed by atoms with E-state index in [1.807, 2.05) is 19.1 Å². The predicted octanol–water partition coefficient (Wildman–Crippen LogP) is 4.06. The molecule has 5 nitrogen and oxygen atoms in total. The van der Waals surface area contributed by atoms with E-state index in [1.165, 1.54) is 0 Å². The van der Waals surface area contributed by atoms with E-state index in [-0.39, 0.29) is 40.5 Å². The van der Waals surface area contributed by atoms with Crippen molar-refractivity contribution < 1.29 is 18.0 Å². The largest absolute Gasteiger partial charge is 0.299 e. The van der Waals surface area contributed by atoms with E-state index in [1.54, 1.807) is 22.5 Å². The van der Waals surface area contributed by atoms with Crippen LogP contribution in [-0.2, 0) is 19.6 Å². The maximum absolute atomic E-state index is 13.8. The fraction of sp³-hybridized carbons (Fsp3) is 0.615. The van der Waals surface area contributed by atoms with Gasteiger partial charge in [-0.25, -0.2) is 8.42 Å². The van der Waals surface area contributed by atoms with Crippen LogP contribution in [0, 0.1) is 35.5 Å². The number of benzene rings is 1. The summed E-state index contributed by atoms with van der Waals surface area (Å²) in [5.74, 6) is 1.21. The molecule has 0 aromatic heterocycles. The standard InChI is InChI=1S/C26H31NO4S/c1-15-4-6-17(7-5-15)32(30,31)27-23-20-14-16(28)10-12-25(20,2)19-11-13-26(3)18(8-9-21(26)29)22(19)24(23)27/h4-7,14,18-19,22-24H,8-13H2,1-3H3/t18-,19-,22-,23-,24+,25+,26-,27?/m0/s1. The Kier molecular flexibility index (Phi) is 4.17. The number of carbonyl (C=O) groups is 2. The van der Waals surface area contributed by atoms with Crippen LogP contribution in [0.25, 0.3) is 0 Å². The number of hydrogen-bond acceptors (Lipinski definition) is 4. The van der Waals surface area contributed by atoms with Crippen LogP contribution in [0.3, 0.4) is 0 Å². The number of Topliss-reactive ketones (excluding diaryl/α,β-unsaturated/α-hetero) is 1. The van der Waals surface area contributed by atoms with Gasteiger partial charge in [0, 0.05) is 24.3 Å². The monoisotopic (exact) mass is 453 g/mol. The molecule has 0 spiro atoms. The van der Waals surface area contributed by atoms with Gasteiger partial charge >= 0.3 is 0 Å². The molecule has 1 unspecified atom stereocenters. The molecule has 6 rings (SSSR count). The first-order valence-electron chi connectivity index (χ1n) is 12.0. The van der Waals surface area contributed by atoms with Crippen LogP contribution in [0.1, 0.15) is 57.9 Å². The van der Waals surface area contributed by atoms with Gasteiger partial charge < -0.3 is 0 Å². The van der Waals surface area contributed by atoms with Gasteiger partial charge in [0.2, 0.25) is 10.0 Å². The van der Waals surface area contributed by atoms with E-state index in [9.17, 15) is 18.0 Å². The lowest BCUT2D eigenvalue weighted by molar-refractivity contribution is -0.132. The fourth-order valence-electron chi connectivity index (χ4n) is 8.02. The molecule has 8 atom stereocenters. The van der Waals surface area contributed by atoms with Gasteiger partial charge in [0.15, 0.2) is 5.78 Å². The van der Waals surface area contributed by atoms with Crippen molar-refractivity contribution in [3.8, 4) is 0 Å². The highest BCUT2D eigenvalue weighted by Gasteiger charge is 2.73. The molecule has 0 amide bonds. The van der Waals surface area contributed by atoms with Gasteiger partial charge in [-0.3, -0.25) is 9.59 Å². The van der Waals surface area contributed by atoms with Crippen molar-refractivity contribution in [2.24, 2.45) is 28.6 Å². The maximum Gasteiger partial charge on any atom is 0.244 e. The van der Waals surface area contributed by atoms with Gasteiger partial charge in [-0.05, 0) is 79.6 Å². The minimum absolute atomic E-state index is 0.117. The van der Waals surface area contributed by atoms with Gasteiger partial charge in [0.1, 0.15) is 5.78 Å². The first-order valence-corrected chi connectivity index (χ1v) is 13.4. The highest BCUT2D eigenvalue weighted by atomic mass is 32.2. The van der Waals surface area contributed by atoms with Crippen LogP contribution in [0.4, 0.5) is 0 Å². The van der Waals surface area contributed by atoms with Crippen LogP contribution in [-0.4, -0.2) is 36.4 Å². The van der Waals surface area contributed by atoms with Crippen molar-refractivity contribution in [2.75, 3.05) is 0 Å². The molecule has 0 bridgehead atoms. The first-order chi connectivity index (χ1) is 15.1. The molecule has 32 heavy (non-hydrogen) atoms. The molecule has 6 heteroatoms. The average molecular weight is 454 g/mol. The highest BCUT2D eigenvalue weighted by Crippen LogP contribution is 2.70. The molecular weight excluding hydrogens is 422 g/mol. The Bertz CT molecular complexity index is 1170. The molecule has 170 valence electrons. The number of aryl methyl sites for hydroxylation is 1. The zero-order valence-electron chi connectivity index (χ0n) is 19.0. The lowest BCUT2D eigenvalue weighted by Gasteiger charge is -2.55. The molecule has 1 aromatic rings. The third-order valence-electron chi connectivity index (χ3n) is 9.84. The summed E-state index contributed by atoms with van der Waals surface area (Å²) in [6, 6.07) is 6.68. The van der Waals surface area contributed by atoms with Crippen LogP contribution < -0.4 is 0 Å². The second kappa shape index (κ2) is 6.41. The van der Waals surface area contributed by atoms with Crippen LogP contribution >= 0.6 is 0 Å². The number of ketones is 2. The first kappa shape index (κ1) is 20.8. The molecule has 5 aliphatic rings. The summed E-state index contributed by atoms with van der Waals surface area (Å²) < 4.78 is 29.3. The second-order valence-electron chi connectivity index (χ2n) is 11.3. The minimum Gasteiger partial charge on any atom is -0.299 e. The van der Waals surface area contributed by atoms with Gasteiger partial charge in [-0.1, -0.05) is 31.5 Å². The Morgan fingerprint density at radius 3 is 2.34 bits per heavy atom. The number of rotatable bonds is 2. The minimum atomic E-state index is -3.68. The van der Waals surface area contributed by atoms with Gasteiger partial charge in [-0.15, -0.1) is 0 Å². The van der Waals surface area contributed by atoms with Crippen molar-refractivity contribution in [1.82, 2.24) is 4.31 Å². The maximum atomic E-state index is 13.8. The average Bonchev–Trinajstić information content (AvgIpc) is 3.43. The summed E-state index contributed by atoms with van der Waals surface area (Å²) in [5.41, 5.74) is 1.57. The molecule has 3 saturated carbocycles. The van der Waals surface area contributed by atoms with Crippen LogP contribution in [0.15, 0.2) is 40.8 Å². The SMILES string of the molecule is Cc1ccc(S(=O)(=O)N2[C@@H]3[C@@H]4[C@H](CC[C@]5(C)C(=O)CC[C@@H]45)[C@@]4(C)CCC(=O)C=C4[C@@H]32)cc1. The lowest BCUT2D eigenvalue weighted by atomic mass is 9.47. The van der Waals surface area contributed by atoms with Gasteiger partial charge in [0.05, 0.1) is 10.9 Å². The smallest absolute Gasteiger partial charge is 0.244 e. The highest BCUT2D eigenvalue weighted by molar-refractivity contribution is 7.89. The molecule has 1 aromatic carbocycles. The van der Waals surface area contributed by atoms with Crippen molar-refractivity contribution in [3.05, 3.63) is 41.5 Å². The van der Waals surface area contributed by atoms with E-state index in [4.69, 9.17) is 0 Å². The molecule has 4 fully saturated rings. The lowest BCUT2D eigenvalue weighted by Crippen LogP contribution is -2.53. The van der Waals surface area contributed by atoms with E-state index < -0.39 is 10.0 Å². The Balaban J connectivity index is 1.49. The fourth-order valence-corrected chi connectivity index (χ4v) is 9.80. The van der Waals surface area contributed by atoms with Crippen molar-refractivity contribution in [1.29, 1.82) is 0 Å². The summed E-state index contributed by atoms with van der Waals surface area (Å²) in [6.45, 7) is 6.33. The number of hydrogen-bond donors (Lipinski definition) is 0. The third-order valence-corrected chi connectivity index (χ3v) is 11.7. The second-order valence-corrected chi connectivity index (χ2v) is 13.1. The quantitative estimate of drug-likeness (QED) is 0.633. The van der Waals surface area contributed by atoms with Crippen molar-refractivity contribution in [3.63, 3.8) is 0 Å². The summed E-state index contributed by atoms with van der Waals surface area (Å²) in [7, 11) is -3.68. The zero-order valence-corrected chi connectivity index (χ0v) is 19.8. The Morgan fingerprint density at radius 2 is 1.62 bits per heavy atom. The predicted molar refractivity (Wildman–Crippen MR) is 120 cm³/mol. The van der Waals surface area contributed by atoms with E-state index in [0.29, 0.717) is 29.4 Å². The van der Waals surface area contributed by atoms with E-state index in [0.717, 1.165) is 36.8 Å². The number of fused-ring (bicyclic) bond motifs is 8. The van der Waals surface area contributed by atoms with Gasteiger partial charge in [-0.2, -0.15) is 4.31 Å². The molecular formula is C26H31NO4S. The normalized spacial score (nSPS) is 44.8. The third kappa shape index (κ3) is 2.51. The molecule has 0 N–H and O–H groups in total. The summed E-state index contributed by atoms with van der Waals surface area (Å²) in [5, 5.41) is 0. The van der Waals surface area contributed by atoms with Crippen LogP contribution in [0.2, 0.25) is 0 Å². The van der Waals surface area contributed by atoms with Crippen LogP contribution in [0.5, 0.6) is 0 Å². The number of carbonyl (C=O) groups excluding carboxylic acids is 2. The van der Waals surface area contributed by atoms with E-state index in [2.05, 4.69) is 13.8 Å². The zero-order chi connectivity index (χ0) is 22.6. The number of nitrogens with zero attached hydrogens (tertiary/aromatic N) is 1. The molecule has 0 radical (unpaired) electrons. The van der Waals surface area contributed by atoms with Crippen molar-refractivity contribution in [2.45, 2.75) is 76.3 Å². The topological polar surface area (TPSA) is 71.3 Å². The Hall–Kier alpha value is -1.79.